The summed E-state index contributed by atoms with van der Waals surface area (Å²) < 4.78 is 61.4. The van der Waals surface area contributed by atoms with E-state index in [2.05, 4.69) is 19.9 Å². The van der Waals surface area contributed by atoms with Crippen LogP contribution in [0, 0.1) is 0 Å². The van der Waals surface area contributed by atoms with Crippen molar-refractivity contribution in [3.05, 3.63) is 51.5 Å². The Morgan fingerprint density at radius 1 is 0.844 bits per heavy atom. The average molecular weight is 711 g/mol. The standard InChI is InChI=1S/C22H22Cl2N6O13P2/c23-8-1-10-11(2-9(8)24)29(6-27-10)22-18-15(31)12(40-22)3-38-44(34,35)42-17-13(4-39-45(36,37)43-18)41-21(16(17)32)30-7-28-14-19(30)25-5-26-20(14)33/h1-2,5-7,12-13,15-18,21-22,31-32H,3-4H2,(H,34,35)(H,36,37)(H,25,26,33). The topological polar surface area (TPSA) is 252 Å². The molecule has 10 unspecified atom stereocenters. The smallest absolute Gasteiger partial charge is 0.387 e. The molecule has 45 heavy (non-hydrogen) atoms. The van der Waals surface area contributed by atoms with Crippen molar-refractivity contribution in [2.75, 3.05) is 13.2 Å². The molecule has 3 aromatic heterocycles. The summed E-state index contributed by atoms with van der Waals surface area (Å²) in [4.78, 5) is 48.0. The van der Waals surface area contributed by atoms with Gasteiger partial charge in [-0.25, -0.2) is 24.1 Å². The van der Waals surface area contributed by atoms with Gasteiger partial charge in [0.25, 0.3) is 5.56 Å². The fourth-order valence-electron chi connectivity index (χ4n) is 5.39. The molecular formula is C22H22Cl2N6O13P2. The van der Waals surface area contributed by atoms with Crippen LogP contribution in [0.2, 0.25) is 10.0 Å². The third kappa shape index (κ3) is 5.66. The Balaban J connectivity index is 1.20. The van der Waals surface area contributed by atoms with E-state index in [0.29, 0.717) is 11.0 Å². The highest BCUT2D eigenvalue weighted by Crippen LogP contribution is 2.53. The number of hydrogen-bond donors (Lipinski definition) is 5. The van der Waals surface area contributed by atoms with Gasteiger partial charge < -0.3 is 39.0 Å². The average Bonchev–Trinajstić information content (AvgIpc) is 3.73. The van der Waals surface area contributed by atoms with Gasteiger partial charge >= 0.3 is 15.6 Å². The van der Waals surface area contributed by atoms with E-state index < -0.39 is 83.5 Å². The number of rotatable bonds is 2. The van der Waals surface area contributed by atoms with Crippen molar-refractivity contribution >= 4 is 61.0 Å². The predicted octanol–water partition coefficient (Wildman–Crippen LogP) is 1.01. The summed E-state index contributed by atoms with van der Waals surface area (Å²) >= 11 is 12.3. The number of ether oxygens (including phenoxy) is 2. The largest absolute Gasteiger partial charge is 0.472 e. The molecule has 0 radical (unpaired) electrons. The van der Waals surface area contributed by atoms with Gasteiger partial charge in [-0.1, -0.05) is 23.2 Å². The first-order valence-electron chi connectivity index (χ1n) is 13.0. The van der Waals surface area contributed by atoms with E-state index in [9.17, 15) is 33.9 Å². The molecule has 3 fully saturated rings. The highest BCUT2D eigenvalue weighted by atomic mass is 35.5. The molecule has 0 saturated carbocycles. The molecule has 2 bridgehead atoms. The number of aromatic nitrogens is 6. The van der Waals surface area contributed by atoms with Gasteiger partial charge in [-0.2, -0.15) is 0 Å². The first kappa shape index (κ1) is 31.3. The lowest BCUT2D eigenvalue weighted by Gasteiger charge is -2.26. The molecule has 4 aromatic rings. The van der Waals surface area contributed by atoms with Crippen molar-refractivity contribution in [3.63, 3.8) is 0 Å². The molecule has 19 nitrogen and oxygen atoms in total. The number of imidazole rings is 2. The SMILES string of the molecule is O=c1[nH]cnc2c1ncn2C1OC2COP(=O)(O)OC3C(O)C(COP(=O)(O)OC2C1O)OC3n1cnc2cc(Cl)c(Cl)cc21. The van der Waals surface area contributed by atoms with Crippen LogP contribution in [0.15, 0.2) is 35.9 Å². The molecule has 0 amide bonds. The Bertz CT molecular complexity index is 1940. The van der Waals surface area contributed by atoms with Gasteiger partial charge in [-0.15, -0.1) is 0 Å². The molecule has 23 heteroatoms. The number of benzene rings is 1. The van der Waals surface area contributed by atoms with Crippen LogP contribution < -0.4 is 5.56 Å². The van der Waals surface area contributed by atoms with Crippen LogP contribution >= 0.6 is 38.8 Å². The first-order chi connectivity index (χ1) is 21.3. The van der Waals surface area contributed by atoms with Gasteiger partial charge in [0, 0.05) is 0 Å². The van der Waals surface area contributed by atoms with Crippen molar-refractivity contribution in [2.45, 2.75) is 49.1 Å². The van der Waals surface area contributed by atoms with E-state index in [1.807, 2.05) is 0 Å². The number of halogens is 2. The minimum atomic E-state index is -5.07. The minimum Gasteiger partial charge on any atom is -0.387 e. The Hall–Kier alpha value is -2.32. The van der Waals surface area contributed by atoms with Crippen LogP contribution in [0.5, 0.6) is 0 Å². The summed E-state index contributed by atoms with van der Waals surface area (Å²) in [5.74, 6) is 0. The van der Waals surface area contributed by atoms with E-state index in [-0.39, 0.29) is 21.2 Å². The number of aromatic amines is 1. The molecule has 3 aliphatic rings. The number of phosphoric ester groups is 2. The molecule has 3 aliphatic heterocycles. The molecule has 10 atom stereocenters. The molecule has 7 rings (SSSR count). The second-order valence-electron chi connectivity index (χ2n) is 10.2. The Morgan fingerprint density at radius 2 is 1.49 bits per heavy atom. The normalized spacial score (nSPS) is 37.7. The summed E-state index contributed by atoms with van der Waals surface area (Å²) in [6.07, 6.45) is -8.81. The summed E-state index contributed by atoms with van der Waals surface area (Å²) in [7, 11) is -10.1. The zero-order valence-electron chi connectivity index (χ0n) is 22.3. The van der Waals surface area contributed by atoms with Crippen molar-refractivity contribution < 1.29 is 56.7 Å². The maximum absolute atomic E-state index is 13.2. The van der Waals surface area contributed by atoms with Crippen molar-refractivity contribution in [3.8, 4) is 0 Å². The third-order valence-corrected chi connectivity index (χ3v) is 10.2. The Kier molecular flexibility index (Phi) is 7.95. The van der Waals surface area contributed by atoms with Crippen molar-refractivity contribution in [1.29, 1.82) is 0 Å². The second-order valence-corrected chi connectivity index (χ2v) is 13.9. The van der Waals surface area contributed by atoms with E-state index >= 15 is 0 Å². The monoisotopic (exact) mass is 710 g/mol. The van der Waals surface area contributed by atoms with Crippen LogP contribution in [-0.4, -0.2) is 98.9 Å². The zero-order chi connectivity index (χ0) is 31.8. The van der Waals surface area contributed by atoms with E-state index in [0.717, 1.165) is 12.7 Å². The molecular weight excluding hydrogens is 689 g/mol. The van der Waals surface area contributed by atoms with E-state index in [1.54, 1.807) is 0 Å². The van der Waals surface area contributed by atoms with Gasteiger partial charge in [0.2, 0.25) is 0 Å². The van der Waals surface area contributed by atoms with Crippen molar-refractivity contribution in [1.82, 2.24) is 29.1 Å². The second kappa shape index (κ2) is 11.4. The summed E-state index contributed by atoms with van der Waals surface area (Å²) in [5.41, 5.74) is 0.0644. The van der Waals surface area contributed by atoms with E-state index in [1.165, 1.54) is 27.6 Å². The lowest BCUT2D eigenvalue weighted by Crippen LogP contribution is -2.36. The van der Waals surface area contributed by atoms with Gasteiger partial charge in [-0.05, 0) is 12.1 Å². The van der Waals surface area contributed by atoms with Gasteiger partial charge in [0.15, 0.2) is 23.6 Å². The minimum absolute atomic E-state index is 0.00135. The van der Waals surface area contributed by atoms with Gasteiger partial charge in [0.1, 0.15) is 36.6 Å². The molecule has 0 aliphatic carbocycles. The Labute approximate surface area is 260 Å². The maximum atomic E-state index is 13.2. The fourth-order valence-corrected chi connectivity index (χ4v) is 7.60. The maximum Gasteiger partial charge on any atom is 0.472 e. The lowest BCUT2D eigenvalue weighted by molar-refractivity contribution is -0.0671. The van der Waals surface area contributed by atoms with Crippen LogP contribution in [0.4, 0.5) is 0 Å². The number of fused-ring (bicyclic) bond motifs is 5. The quantitative estimate of drug-likeness (QED) is 0.182. The molecule has 3 saturated heterocycles. The fraction of sp³-hybridized carbons (Fsp3) is 0.455. The molecule has 0 spiro atoms. The van der Waals surface area contributed by atoms with Gasteiger partial charge in [0.05, 0.1) is 53.3 Å². The van der Waals surface area contributed by atoms with Crippen molar-refractivity contribution in [2.24, 2.45) is 0 Å². The summed E-state index contributed by atoms with van der Waals surface area (Å²) in [5, 5.41) is 22.5. The number of aliphatic hydroxyl groups is 2. The Morgan fingerprint density at radius 3 is 2.24 bits per heavy atom. The molecule has 6 heterocycles. The summed E-state index contributed by atoms with van der Waals surface area (Å²) in [6.45, 7) is -1.59. The molecule has 5 N–H and O–H groups in total. The van der Waals surface area contributed by atoms with Crippen LogP contribution in [0.1, 0.15) is 12.5 Å². The highest BCUT2D eigenvalue weighted by Gasteiger charge is 2.53. The van der Waals surface area contributed by atoms with Crippen LogP contribution in [0.3, 0.4) is 0 Å². The van der Waals surface area contributed by atoms with E-state index in [4.69, 9.17) is 50.8 Å². The number of aliphatic hydroxyl groups excluding tert-OH is 2. The highest BCUT2D eigenvalue weighted by molar-refractivity contribution is 7.47. The number of hydrogen-bond acceptors (Lipinski definition) is 14. The third-order valence-electron chi connectivity index (χ3n) is 7.47. The molecule has 242 valence electrons. The lowest BCUT2D eigenvalue weighted by atomic mass is 10.1. The van der Waals surface area contributed by atoms with Crippen LogP contribution in [0.25, 0.3) is 22.2 Å². The predicted molar refractivity (Wildman–Crippen MR) is 149 cm³/mol. The van der Waals surface area contributed by atoms with Crippen LogP contribution in [-0.2, 0) is 36.7 Å². The summed E-state index contributed by atoms with van der Waals surface area (Å²) in [6, 6.07) is 2.93. The first-order valence-corrected chi connectivity index (χ1v) is 16.8. The zero-order valence-corrected chi connectivity index (χ0v) is 25.6. The number of nitrogens with zero attached hydrogens (tertiary/aromatic N) is 5. The number of H-pyrrole nitrogens is 1. The van der Waals surface area contributed by atoms with Gasteiger partial charge in [-0.3, -0.25) is 27.5 Å². The number of phosphoric acid groups is 2. The molecule has 1 aromatic carbocycles. The number of nitrogens with one attached hydrogen (secondary N) is 1.